The number of benzene rings is 1. The third-order valence-corrected chi connectivity index (χ3v) is 2.91. The number of halogens is 1. The Morgan fingerprint density at radius 3 is 2.57 bits per heavy atom. The van der Waals surface area contributed by atoms with Crippen LogP contribution in [0.4, 0.5) is 10.2 Å². The normalized spacial score (nSPS) is 10.4. The Kier molecular flexibility index (Phi) is 3.51. The van der Waals surface area contributed by atoms with E-state index in [1.165, 1.54) is 0 Å². The van der Waals surface area contributed by atoms with Crippen LogP contribution in [0.15, 0.2) is 54.9 Å². The molecule has 0 amide bonds. The highest BCUT2D eigenvalue weighted by atomic mass is 19.2. The Bertz CT molecular complexity index is 722. The molecule has 2 aromatic heterocycles. The van der Waals surface area contributed by atoms with Gasteiger partial charge in [-0.1, -0.05) is 0 Å². The number of aryl methyl sites for hydroxylation is 1. The molecule has 5 nitrogen and oxygen atoms in total. The van der Waals surface area contributed by atoms with Crippen LogP contribution in [-0.2, 0) is 0 Å². The lowest BCUT2D eigenvalue weighted by atomic mass is 10.3. The van der Waals surface area contributed by atoms with Gasteiger partial charge in [-0.05, 0) is 43.3 Å². The van der Waals surface area contributed by atoms with Crippen LogP contribution >= 0.6 is 0 Å². The van der Waals surface area contributed by atoms with Gasteiger partial charge in [0.2, 0.25) is 5.88 Å². The van der Waals surface area contributed by atoms with E-state index >= 15 is 0 Å². The van der Waals surface area contributed by atoms with Gasteiger partial charge in [0.1, 0.15) is 5.75 Å². The van der Waals surface area contributed by atoms with Gasteiger partial charge in [0.15, 0.2) is 0 Å². The molecule has 21 heavy (non-hydrogen) atoms. The van der Waals surface area contributed by atoms with E-state index in [0.29, 0.717) is 17.3 Å². The third-order valence-electron chi connectivity index (χ3n) is 2.91. The number of aromatic nitrogens is 3. The Labute approximate surface area is 121 Å². The number of nitrogens with one attached hydrogen (secondary N) is 1. The molecule has 0 saturated carbocycles. The van der Waals surface area contributed by atoms with Gasteiger partial charge in [-0.15, -0.1) is 9.58 Å². The lowest BCUT2D eigenvalue weighted by Crippen LogP contribution is -1.96. The van der Waals surface area contributed by atoms with Gasteiger partial charge in [0.05, 0.1) is 17.6 Å². The first-order chi connectivity index (χ1) is 10.2. The zero-order valence-electron chi connectivity index (χ0n) is 11.3. The largest absolute Gasteiger partial charge is 0.438 e. The first-order valence-corrected chi connectivity index (χ1v) is 6.38. The monoisotopic (exact) mass is 284 g/mol. The molecule has 106 valence electrons. The predicted molar refractivity (Wildman–Crippen MR) is 77.3 cm³/mol. The average Bonchev–Trinajstić information content (AvgIpc) is 2.97. The van der Waals surface area contributed by atoms with Crippen molar-refractivity contribution in [1.29, 1.82) is 0 Å². The highest BCUT2D eigenvalue weighted by Crippen LogP contribution is 2.22. The summed E-state index contributed by atoms with van der Waals surface area (Å²) < 4.78 is 19.5. The van der Waals surface area contributed by atoms with Crippen LogP contribution in [0.2, 0.25) is 0 Å². The van der Waals surface area contributed by atoms with E-state index in [4.69, 9.17) is 4.74 Å². The van der Waals surface area contributed by atoms with Crippen LogP contribution < -0.4 is 10.3 Å². The van der Waals surface area contributed by atoms with E-state index in [1.807, 2.05) is 19.1 Å². The van der Waals surface area contributed by atoms with E-state index in [0.717, 1.165) is 11.4 Å². The standard InChI is InChI=1S/C15H13FN4O/c1-11-2-5-13(10-17-11)20-9-8-15(19-20)21-14-6-3-12(18-16)4-7-14/h2-10,18H,1H3. The van der Waals surface area contributed by atoms with Crippen LogP contribution in [0.1, 0.15) is 5.69 Å². The maximum atomic E-state index is 12.2. The third kappa shape index (κ3) is 3.00. The number of ether oxygens (including phenoxy) is 1. The van der Waals surface area contributed by atoms with Crippen molar-refractivity contribution in [2.45, 2.75) is 6.92 Å². The molecule has 0 bridgehead atoms. The van der Waals surface area contributed by atoms with Crippen LogP contribution in [0.3, 0.4) is 0 Å². The second-order valence-electron chi connectivity index (χ2n) is 4.48. The number of rotatable bonds is 4. The first kappa shape index (κ1) is 13.1. The first-order valence-electron chi connectivity index (χ1n) is 6.38. The molecule has 0 aliphatic carbocycles. The molecule has 0 aliphatic rings. The fourth-order valence-electron chi connectivity index (χ4n) is 1.81. The van der Waals surface area contributed by atoms with Crippen molar-refractivity contribution in [3.63, 3.8) is 0 Å². The average molecular weight is 284 g/mol. The number of anilines is 1. The highest BCUT2D eigenvalue weighted by Gasteiger charge is 2.04. The van der Waals surface area contributed by atoms with Crippen molar-refractivity contribution in [1.82, 2.24) is 14.8 Å². The van der Waals surface area contributed by atoms with E-state index in [2.05, 4.69) is 10.1 Å². The summed E-state index contributed by atoms with van der Waals surface area (Å²) in [5.74, 6) is 1.04. The van der Waals surface area contributed by atoms with E-state index in [-0.39, 0.29) is 0 Å². The maximum absolute atomic E-state index is 12.2. The van der Waals surface area contributed by atoms with Crippen molar-refractivity contribution in [3.8, 4) is 17.3 Å². The molecule has 1 N–H and O–H groups in total. The van der Waals surface area contributed by atoms with Gasteiger partial charge in [0.25, 0.3) is 0 Å². The van der Waals surface area contributed by atoms with Gasteiger partial charge in [0, 0.05) is 18.0 Å². The summed E-state index contributed by atoms with van der Waals surface area (Å²) >= 11 is 0. The van der Waals surface area contributed by atoms with E-state index in [9.17, 15) is 4.48 Å². The molecule has 1 aromatic carbocycles. The van der Waals surface area contributed by atoms with Crippen molar-refractivity contribution < 1.29 is 9.22 Å². The van der Waals surface area contributed by atoms with Gasteiger partial charge in [-0.3, -0.25) is 4.98 Å². The van der Waals surface area contributed by atoms with Gasteiger partial charge >= 0.3 is 0 Å². The lowest BCUT2D eigenvalue weighted by molar-refractivity contribution is 0.457. The summed E-state index contributed by atoms with van der Waals surface area (Å²) in [5, 5.41) is 4.31. The quantitative estimate of drug-likeness (QED) is 0.743. The Morgan fingerprint density at radius 1 is 1.10 bits per heavy atom. The molecule has 0 spiro atoms. The number of hydrogen-bond acceptors (Lipinski definition) is 4. The Balaban J connectivity index is 1.76. The predicted octanol–water partition coefficient (Wildman–Crippen LogP) is 3.66. The molecule has 6 heteroatoms. The molecule has 2 heterocycles. The van der Waals surface area contributed by atoms with Crippen molar-refractivity contribution in [2.75, 3.05) is 5.54 Å². The molecule has 0 saturated heterocycles. The van der Waals surface area contributed by atoms with Gasteiger partial charge in [-0.25, -0.2) is 10.2 Å². The fourth-order valence-corrected chi connectivity index (χ4v) is 1.81. The second kappa shape index (κ2) is 5.62. The van der Waals surface area contributed by atoms with Gasteiger partial charge in [-0.2, -0.15) is 0 Å². The fraction of sp³-hybridized carbons (Fsp3) is 0.0667. The van der Waals surface area contributed by atoms with Crippen LogP contribution in [-0.4, -0.2) is 14.8 Å². The summed E-state index contributed by atoms with van der Waals surface area (Å²) in [6, 6.07) is 12.1. The summed E-state index contributed by atoms with van der Waals surface area (Å²) in [6.45, 7) is 1.93. The SMILES string of the molecule is Cc1ccc(-n2ccc(Oc3ccc(NF)cc3)n2)cn1. The number of pyridine rings is 1. The highest BCUT2D eigenvalue weighted by molar-refractivity contribution is 5.45. The minimum absolute atomic E-state index is 0.374. The zero-order valence-corrected chi connectivity index (χ0v) is 11.3. The molecule has 3 rings (SSSR count). The molecule has 0 atom stereocenters. The topological polar surface area (TPSA) is 52.0 Å². The lowest BCUT2D eigenvalue weighted by Gasteiger charge is -2.03. The second-order valence-corrected chi connectivity index (χ2v) is 4.48. The van der Waals surface area contributed by atoms with E-state index < -0.39 is 0 Å². The zero-order chi connectivity index (χ0) is 14.7. The Morgan fingerprint density at radius 2 is 1.90 bits per heavy atom. The summed E-state index contributed by atoms with van der Waals surface area (Å²) in [4.78, 5) is 4.22. The van der Waals surface area contributed by atoms with Crippen molar-refractivity contribution >= 4 is 5.69 Å². The van der Waals surface area contributed by atoms with Crippen LogP contribution in [0.5, 0.6) is 11.6 Å². The smallest absolute Gasteiger partial charge is 0.238 e. The molecule has 3 aromatic rings. The van der Waals surface area contributed by atoms with Crippen LogP contribution in [0.25, 0.3) is 5.69 Å². The Hall–Kier alpha value is -2.89. The molecular formula is C15H13FN4O. The summed E-state index contributed by atoms with van der Waals surface area (Å²) in [7, 11) is 0. The van der Waals surface area contributed by atoms with Crippen molar-refractivity contribution in [3.05, 3.63) is 60.6 Å². The summed E-state index contributed by atoms with van der Waals surface area (Å²) in [6.07, 6.45) is 3.53. The minimum atomic E-state index is 0.374. The molecule has 0 aliphatic heterocycles. The molecule has 0 unspecified atom stereocenters. The molecular weight excluding hydrogens is 271 g/mol. The molecule has 0 radical (unpaired) electrons. The summed E-state index contributed by atoms with van der Waals surface area (Å²) in [5.41, 5.74) is 3.74. The number of hydrogen-bond donors (Lipinski definition) is 1. The molecule has 0 fully saturated rings. The maximum Gasteiger partial charge on any atom is 0.238 e. The van der Waals surface area contributed by atoms with Crippen molar-refractivity contribution in [2.24, 2.45) is 0 Å². The van der Waals surface area contributed by atoms with E-state index in [1.54, 1.807) is 52.9 Å². The number of nitrogens with zero attached hydrogens (tertiary/aromatic N) is 3. The minimum Gasteiger partial charge on any atom is -0.438 e. The van der Waals surface area contributed by atoms with Gasteiger partial charge < -0.3 is 4.74 Å². The van der Waals surface area contributed by atoms with Crippen LogP contribution in [0, 0.1) is 6.92 Å².